The van der Waals surface area contributed by atoms with Crippen LogP contribution in [0.5, 0.6) is 23.0 Å². The van der Waals surface area contributed by atoms with E-state index in [0.29, 0.717) is 30.3 Å². The molecule has 0 amide bonds. The molecule has 3 aromatic rings. The summed E-state index contributed by atoms with van der Waals surface area (Å²) in [7, 11) is 0. The first-order valence-corrected chi connectivity index (χ1v) is 11.9. The van der Waals surface area contributed by atoms with Crippen molar-refractivity contribution in [1.29, 1.82) is 0 Å². The van der Waals surface area contributed by atoms with Crippen molar-refractivity contribution in [2.24, 2.45) is 0 Å². The van der Waals surface area contributed by atoms with Gasteiger partial charge in [-0.05, 0) is 73.5 Å². The van der Waals surface area contributed by atoms with Crippen molar-refractivity contribution < 1.29 is 23.7 Å². The fourth-order valence-corrected chi connectivity index (χ4v) is 4.59. The Kier molecular flexibility index (Phi) is 7.24. The van der Waals surface area contributed by atoms with E-state index in [1.54, 1.807) is 12.1 Å². The highest BCUT2D eigenvalue weighted by Crippen LogP contribution is 2.65. The van der Waals surface area contributed by atoms with E-state index in [1.165, 1.54) is 0 Å². The standard InChI is InChI=1S/C27H26Cl2O5/c1-3-31-21-10-8-20(9-11-21)26(18-27(26,28)29)25(30)33-17-19-6-5-7-24(16-19)34-23-14-12-22(13-15-23)32-4-2/h5-16H,3-4,17-18H2,1-2H3. The van der Waals surface area contributed by atoms with Crippen LogP contribution in [0.3, 0.4) is 0 Å². The molecule has 1 atom stereocenters. The number of hydrogen-bond acceptors (Lipinski definition) is 5. The quantitative estimate of drug-likeness (QED) is 0.225. The molecule has 1 aliphatic carbocycles. The Morgan fingerprint density at radius 1 is 0.824 bits per heavy atom. The van der Waals surface area contributed by atoms with Gasteiger partial charge in [0.2, 0.25) is 0 Å². The van der Waals surface area contributed by atoms with E-state index < -0.39 is 15.7 Å². The Bertz CT molecular complexity index is 1130. The van der Waals surface area contributed by atoms with Gasteiger partial charge in [0.15, 0.2) is 0 Å². The van der Waals surface area contributed by atoms with Gasteiger partial charge in [-0.2, -0.15) is 0 Å². The van der Waals surface area contributed by atoms with Crippen LogP contribution in [-0.2, 0) is 21.6 Å². The molecule has 0 aliphatic heterocycles. The second-order valence-corrected chi connectivity index (χ2v) is 9.46. The maximum Gasteiger partial charge on any atom is 0.320 e. The van der Waals surface area contributed by atoms with Crippen molar-refractivity contribution in [1.82, 2.24) is 0 Å². The molecular weight excluding hydrogens is 475 g/mol. The van der Waals surface area contributed by atoms with Gasteiger partial charge in [-0.1, -0.05) is 47.5 Å². The van der Waals surface area contributed by atoms with E-state index in [1.807, 2.05) is 74.5 Å². The third-order valence-corrected chi connectivity index (χ3v) is 6.54. The number of rotatable bonds is 10. The predicted octanol–water partition coefficient (Wildman–Crippen LogP) is 6.84. The first-order valence-electron chi connectivity index (χ1n) is 11.2. The lowest BCUT2D eigenvalue weighted by Gasteiger charge is -2.18. The molecule has 0 spiro atoms. The summed E-state index contributed by atoms with van der Waals surface area (Å²) in [6, 6.07) is 22.0. The van der Waals surface area contributed by atoms with Crippen LogP contribution in [0.15, 0.2) is 72.8 Å². The van der Waals surface area contributed by atoms with Gasteiger partial charge in [-0.3, -0.25) is 4.79 Å². The van der Waals surface area contributed by atoms with E-state index in [9.17, 15) is 4.79 Å². The van der Waals surface area contributed by atoms with Gasteiger partial charge in [0.25, 0.3) is 0 Å². The van der Waals surface area contributed by atoms with Crippen molar-refractivity contribution in [2.45, 2.75) is 36.6 Å². The molecule has 1 saturated carbocycles. The van der Waals surface area contributed by atoms with Crippen LogP contribution >= 0.6 is 23.2 Å². The summed E-state index contributed by atoms with van der Waals surface area (Å²) in [5.41, 5.74) is 0.393. The lowest BCUT2D eigenvalue weighted by atomic mass is 9.96. The summed E-state index contributed by atoms with van der Waals surface area (Å²) >= 11 is 12.9. The third-order valence-electron chi connectivity index (χ3n) is 5.63. The molecule has 3 aromatic carbocycles. The molecular formula is C27H26Cl2O5. The second kappa shape index (κ2) is 10.2. The van der Waals surface area contributed by atoms with E-state index in [4.69, 9.17) is 42.1 Å². The maximum absolute atomic E-state index is 13.1. The van der Waals surface area contributed by atoms with Crippen LogP contribution in [-0.4, -0.2) is 23.5 Å². The van der Waals surface area contributed by atoms with Crippen LogP contribution in [0, 0.1) is 0 Å². The number of alkyl halides is 2. The minimum atomic E-state index is -1.21. The first-order chi connectivity index (χ1) is 16.4. The molecule has 178 valence electrons. The Labute approximate surface area is 209 Å². The number of carbonyl (C=O) groups excluding carboxylic acids is 1. The summed E-state index contributed by atoms with van der Waals surface area (Å²) in [6.07, 6.45) is 0.289. The molecule has 1 unspecified atom stereocenters. The molecule has 0 N–H and O–H groups in total. The lowest BCUT2D eigenvalue weighted by Crippen LogP contribution is -2.28. The predicted molar refractivity (Wildman–Crippen MR) is 132 cm³/mol. The minimum Gasteiger partial charge on any atom is -0.494 e. The van der Waals surface area contributed by atoms with Crippen LogP contribution < -0.4 is 14.2 Å². The fraction of sp³-hybridized carbons (Fsp3) is 0.296. The molecule has 0 bridgehead atoms. The molecule has 0 saturated heterocycles. The Morgan fingerprint density at radius 3 is 1.94 bits per heavy atom. The summed E-state index contributed by atoms with van der Waals surface area (Å²) in [5.74, 6) is 2.36. The van der Waals surface area contributed by atoms with Crippen LogP contribution in [0.4, 0.5) is 0 Å². The maximum atomic E-state index is 13.1. The van der Waals surface area contributed by atoms with Gasteiger partial charge < -0.3 is 18.9 Å². The summed E-state index contributed by atoms with van der Waals surface area (Å²) in [4.78, 5) is 13.1. The Hall–Kier alpha value is -2.89. The highest BCUT2D eigenvalue weighted by atomic mass is 35.5. The van der Waals surface area contributed by atoms with Crippen molar-refractivity contribution in [3.63, 3.8) is 0 Å². The Balaban J connectivity index is 1.42. The van der Waals surface area contributed by atoms with Gasteiger partial charge >= 0.3 is 5.97 Å². The number of halogens is 2. The molecule has 1 aliphatic rings. The smallest absolute Gasteiger partial charge is 0.320 e. The zero-order valence-corrected chi connectivity index (χ0v) is 20.6. The SMILES string of the molecule is CCOc1ccc(Oc2cccc(COC(=O)C3(c4ccc(OCC)cc4)CC3(Cl)Cl)c2)cc1. The highest BCUT2D eigenvalue weighted by Gasteiger charge is 2.73. The van der Waals surface area contributed by atoms with Gasteiger partial charge in [-0.15, -0.1) is 0 Å². The number of hydrogen-bond donors (Lipinski definition) is 0. The average molecular weight is 501 g/mol. The van der Waals surface area contributed by atoms with Gasteiger partial charge in [0, 0.05) is 6.42 Å². The molecule has 4 rings (SSSR count). The zero-order chi connectivity index (χ0) is 24.2. The lowest BCUT2D eigenvalue weighted by molar-refractivity contribution is -0.148. The van der Waals surface area contributed by atoms with Crippen molar-refractivity contribution in [3.05, 3.63) is 83.9 Å². The van der Waals surface area contributed by atoms with Crippen molar-refractivity contribution in [2.75, 3.05) is 13.2 Å². The topological polar surface area (TPSA) is 54.0 Å². The molecule has 34 heavy (non-hydrogen) atoms. The summed E-state index contributed by atoms with van der Waals surface area (Å²) in [6.45, 7) is 5.08. The van der Waals surface area contributed by atoms with E-state index in [-0.39, 0.29) is 13.0 Å². The second-order valence-electron chi connectivity index (χ2n) is 7.97. The van der Waals surface area contributed by atoms with E-state index in [0.717, 1.165) is 17.1 Å². The van der Waals surface area contributed by atoms with E-state index in [2.05, 4.69) is 0 Å². The molecule has 1 fully saturated rings. The largest absolute Gasteiger partial charge is 0.494 e. The number of esters is 1. The average Bonchev–Trinajstić information content (AvgIpc) is 3.43. The highest BCUT2D eigenvalue weighted by molar-refractivity contribution is 6.54. The number of ether oxygens (including phenoxy) is 4. The van der Waals surface area contributed by atoms with Gasteiger partial charge in [0.05, 0.1) is 13.2 Å². The minimum absolute atomic E-state index is 0.0714. The number of carbonyl (C=O) groups is 1. The molecule has 7 heteroatoms. The summed E-state index contributed by atoms with van der Waals surface area (Å²) < 4.78 is 21.3. The Morgan fingerprint density at radius 2 is 1.38 bits per heavy atom. The zero-order valence-electron chi connectivity index (χ0n) is 19.1. The van der Waals surface area contributed by atoms with Crippen molar-refractivity contribution >= 4 is 29.2 Å². The molecule has 0 aromatic heterocycles. The normalized spacial score (nSPS) is 18.1. The molecule has 5 nitrogen and oxygen atoms in total. The molecule has 0 heterocycles. The van der Waals surface area contributed by atoms with Gasteiger partial charge in [0.1, 0.15) is 39.4 Å². The first kappa shape index (κ1) is 24.2. The van der Waals surface area contributed by atoms with Gasteiger partial charge in [-0.25, -0.2) is 0 Å². The van der Waals surface area contributed by atoms with Crippen molar-refractivity contribution in [3.8, 4) is 23.0 Å². The van der Waals surface area contributed by atoms with Crippen LogP contribution in [0.1, 0.15) is 31.4 Å². The summed E-state index contributed by atoms with van der Waals surface area (Å²) in [5, 5.41) is 0. The van der Waals surface area contributed by atoms with Crippen LogP contribution in [0.25, 0.3) is 0 Å². The van der Waals surface area contributed by atoms with E-state index >= 15 is 0 Å². The van der Waals surface area contributed by atoms with Crippen LogP contribution in [0.2, 0.25) is 0 Å². The number of benzene rings is 3. The fourth-order valence-electron chi connectivity index (χ4n) is 3.82. The molecule has 0 radical (unpaired) electrons. The monoisotopic (exact) mass is 500 g/mol. The third kappa shape index (κ3) is 5.11.